The molecule has 0 bridgehead atoms. The maximum atomic E-state index is 14.1. The summed E-state index contributed by atoms with van der Waals surface area (Å²) in [6.07, 6.45) is 0.684. The lowest BCUT2D eigenvalue weighted by Gasteiger charge is -2.47. The molecule has 222 valence electrons. The molecule has 2 atom stereocenters. The van der Waals surface area contributed by atoms with E-state index in [0.717, 1.165) is 16.9 Å². The van der Waals surface area contributed by atoms with E-state index in [4.69, 9.17) is 20.4 Å². The van der Waals surface area contributed by atoms with Crippen molar-refractivity contribution in [2.75, 3.05) is 19.6 Å². The molecule has 3 aromatic rings. The first-order valence-corrected chi connectivity index (χ1v) is 16.9. The summed E-state index contributed by atoms with van der Waals surface area (Å²) in [7, 11) is -2.30. The van der Waals surface area contributed by atoms with Crippen molar-refractivity contribution in [3.63, 3.8) is 0 Å². The van der Waals surface area contributed by atoms with Gasteiger partial charge in [-0.25, -0.2) is 4.98 Å². The van der Waals surface area contributed by atoms with Gasteiger partial charge in [0, 0.05) is 43.4 Å². The number of carbonyl (C=O) groups excluding carboxylic acids is 2. The van der Waals surface area contributed by atoms with E-state index in [1.54, 1.807) is 0 Å². The van der Waals surface area contributed by atoms with Crippen molar-refractivity contribution in [3.05, 3.63) is 47.3 Å². The molecule has 0 aromatic carbocycles. The molecule has 13 heteroatoms. The molecule has 0 aliphatic carbocycles. The van der Waals surface area contributed by atoms with Gasteiger partial charge in [-0.05, 0) is 43.1 Å². The molecule has 0 saturated carbocycles. The Bertz CT molecular complexity index is 1470. The van der Waals surface area contributed by atoms with Crippen LogP contribution >= 0.6 is 11.6 Å². The highest BCUT2D eigenvalue weighted by atomic mass is 35.5. The second kappa shape index (κ2) is 10.5. The van der Waals surface area contributed by atoms with Crippen LogP contribution in [-0.2, 0) is 15.4 Å². The first kappa shape index (κ1) is 29.7. The van der Waals surface area contributed by atoms with Crippen molar-refractivity contribution >= 4 is 37.4 Å². The van der Waals surface area contributed by atoms with Gasteiger partial charge in [0.1, 0.15) is 5.15 Å². The number of rotatable bonds is 5. The number of carbonyl (C=O) groups is 2. The van der Waals surface area contributed by atoms with Crippen molar-refractivity contribution < 1.29 is 31.6 Å². The number of amides is 2. The largest absolute Gasteiger partial charge is 0.472 e. The van der Waals surface area contributed by atoms with Crippen LogP contribution in [-0.4, -0.2) is 71.1 Å². The van der Waals surface area contributed by atoms with E-state index in [1.807, 2.05) is 4.90 Å². The average Bonchev–Trinajstić information content (AvgIpc) is 3.63. The van der Waals surface area contributed by atoms with Crippen molar-refractivity contribution in [1.29, 1.82) is 0 Å². The minimum Gasteiger partial charge on any atom is -0.472 e. The van der Waals surface area contributed by atoms with Gasteiger partial charge in [-0.15, -0.1) is 0 Å². The number of hydrogen-bond donors (Lipinski definition) is 0. The molecule has 2 aliphatic heterocycles. The third-order valence-corrected chi connectivity index (χ3v) is 13.5. The predicted molar refractivity (Wildman–Crippen MR) is 150 cm³/mol. The second-order valence-electron chi connectivity index (χ2n) is 12.3. The van der Waals surface area contributed by atoms with Crippen LogP contribution in [0.5, 0.6) is 0 Å². The van der Waals surface area contributed by atoms with E-state index in [9.17, 15) is 22.8 Å². The van der Waals surface area contributed by atoms with Crippen LogP contribution < -0.4 is 0 Å². The Morgan fingerprint density at radius 1 is 1.20 bits per heavy atom. The van der Waals surface area contributed by atoms with Crippen LogP contribution in [0.4, 0.5) is 13.2 Å². The third-order valence-electron chi connectivity index (χ3n) is 8.60. The van der Waals surface area contributed by atoms with Gasteiger partial charge in [-0.1, -0.05) is 32.4 Å². The number of pyridine rings is 1. The Morgan fingerprint density at radius 2 is 1.93 bits per heavy atom. The van der Waals surface area contributed by atoms with Gasteiger partial charge in [0.05, 0.1) is 30.2 Å². The van der Waals surface area contributed by atoms with Crippen LogP contribution in [0.2, 0.25) is 23.3 Å². The van der Waals surface area contributed by atoms with Gasteiger partial charge in [-0.3, -0.25) is 14.0 Å². The highest BCUT2D eigenvalue weighted by Crippen LogP contribution is 2.40. The minimum atomic E-state index is -4.74. The van der Waals surface area contributed by atoms with Crippen molar-refractivity contribution in [3.8, 4) is 11.1 Å². The van der Waals surface area contributed by atoms with Gasteiger partial charge in [0.25, 0.3) is 5.91 Å². The summed E-state index contributed by atoms with van der Waals surface area (Å²) in [6, 6.07) is 2.32. The van der Waals surface area contributed by atoms with E-state index >= 15 is 0 Å². The van der Waals surface area contributed by atoms with Gasteiger partial charge < -0.3 is 18.6 Å². The van der Waals surface area contributed by atoms with Crippen LogP contribution in [0.3, 0.4) is 0 Å². The molecule has 2 aliphatic rings. The van der Waals surface area contributed by atoms with Gasteiger partial charge in [0.2, 0.25) is 5.91 Å². The zero-order valence-electron chi connectivity index (χ0n) is 23.7. The Hall–Kier alpha value is -2.83. The molecule has 2 fully saturated rings. The monoisotopic (exact) mass is 610 g/mol. The fraction of sp³-hybridized carbons (Fsp3) is 0.536. The maximum Gasteiger partial charge on any atom is 0.420 e. The predicted octanol–water partition coefficient (Wildman–Crippen LogP) is 6.49. The lowest BCUT2D eigenvalue weighted by molar-refractivity contribution is -0.136. The molecule has 0 radical (unpaired) electrons. The lowest BCUT2D eigenvalue weighted by Crippen LogP contribution is -2.60. The molecule has 2 amide bonds. The van der Waals surface area contributed by atoms with E-state index in [1.165, 1.54) is 29.7 Å². The summed E-state index contributed by atoms with van der Waals surface area (Å²) in [5, 5.41) is -0.315. The number of nitrogens with zero attached hydrogens (tertiary/aromatic N) is 4. The van der Waals surface area contributed by atoms with Crippen LogP contribution in [0.1, 0.15) is 56.1 Å². The summed E-state index contributed by atoms with van der Waals surface area (Å²) in [5.74, 6) is -0.498. The van der Waals surface area contributed by atoms with Crippen molar-refractivity contribution in [2.24, 2.45) is 0 Å². The molecular weight excluding hydrogens is 577 g/mol. The quantitative estimate of drug-likeness (QED) is 0.308. The number of imidazole rings is 1. The Morgan fingerprint density at radius 3 is 2.51 bits per heavy atom. The Kier molecular flexibility index (Phi) is 7.57. The summed E-state index contributed by atoms with van der Waals surface area (Å²) >= 11 is 6.57. The van der Waals surface area contributed by atoms with E-state index in [2.05, 4.69) is 38.8 Å². The van der Waals surface area contributed by atoms with E-state index < -0.39 is 37.7 Å². The number of piperidine rings is 1. The van der Waals surface area contributed by atoms with Gasteiger partial charge >= 0.3 is 6.18 Å². The molecule has 2 saturated heterocycles. The molecule has 8 nitrogen and oxygen atoms in total. The highest BCUT2D eigenvalue weighted by Gasteiger charge is 2.46. The molecule has 0 spiro atoms. The van der Waals surface area contributed by atoms with E-state index in [0.29, 0.717) is 31.5 Å². The number of likely N-dealkylation sites (tertiary alicyclic amines) is 2. The molecule has 2 unspecified atom stereocenters. The number of furan rings is 1. The average molecular weight is 611 g/mol. The highest BCUT2D eigenvalue weighted by molar-refractivity contribution is 6.74. The van der Waals surface area contributed by atoms with Crippen LogP contribution in [0, 0.1) is 0 Å². The third kappa shape index (κ3) is 5.53. The van der Waals surface area contributed by atoms with Gasteiger partial charge in [0.15, 0.2) is 19.7 Å². The summed E-state index contributed by atoms with van der Waals surface area (Å²) < 4.78 is 55.2. The standard InChI is InChI=1S/C28H34ClF3N4O4Si/c1-27(2,3)41(4,5)40-21-15-34(11-8-20(21)35-10-6-7-22(35)37)26(38)23-24(29)36-14-18(17-9-12-39-16-17)13-19(25(36)33-23)28(30,31)32/h9,12-14,16,20-21H,6-8,10-11,15H2,1-5H3. The minimum absolute atomic E-state index is 0.0788. The van der Waals surface area contributed by atoms with E-state index in [-0.39, 0.29) is 39.9 Å². The fourth-order valence-electron chi connectivity index (χ4n) is 5.33. The second-order valence-corrected chi connectivity index (χ2v) is 17.4. The van der Waals surface area contributed by atoms with Crippen molar-refractivity contribution in [1.82, 2.24) is 19.2 Å². The van der Waals surface area contributed by atoms with Crippen LogP contribution in [0.15, 0.2) is 35.3 Å². The number of hydrogen-bond acceptors (Lipinski definition) is 5. The molecule has 5 heterocycles. The fourth-order valence-corrected chi connectivity index (χ4v) is 6.93. The summed E-state index contributed by atoms with van der Waals surface area (Å²) in [4.78, 5) is 34.0. The van der Waals surface area contributed by atoms with Crippen LogP contribution in [0.25, 0.3) is 16.8 Å². The number of alkyl halides is 3. The molecular formula is C28H34ClF3N4O4Si. The zero-order valence-corrected chi connectivity index (χ0v) is 25.5. The first-order valence-electron chi connectivity index (χ1n) is 13.7. The zero-order chi connectivity index (χ0) is 29.9. The molecule has 3 aromatic heterocycles. The lowest BCUT2D eigenvalue weighted by atomic mass is 10.00. The van der Waals surface area contributed by atoms with Gasteiger partial charge in [-0.2, -0.15) is 13.2 Å². The first-order chi connectivity index (χ1) is 19.1. The number of halogens is 4. The smallest absolute Gasteiger partial charge is 0.420 e. The Labute approximate surface area is 242 Å². The molecule has 41 heavy (non-hydrogen) atoms. The number of fused-ring (bicyclic) bond motifs is 1. The summed E-state index contributed by atoms with van der Waals surface area (Å²) in [5.41, 5.74) is -1.08. The maximum absolute atomic E-state index is 14.1. The molecule has 5 rings (SSSR count). The van der Waals surface area contributed by atoms with Crippen molar-refractivity contribution in [2.45, 2.75) is 76.5 Å². The molecule has 0 N–H and O–H groups in total. The summed E-state index contributed by atoms with van der Waals surface area (Å²) in [6.45, 7) is 11.7. The SMILES string of the molecule is CC(C)(C)[Si](C)(C)OC1CN(C(=O)c2nc3c(C(F)(F)F)cc(-c4ccoc4)cn3c2Cl)CCC1N1CCCC1=O. The topological polar surface area (TPSA) is 80.3 Å². The number of aromatic nitrogens is 2. The normalized spacial score (nSPS) is 20.9. The Balaban J connectivity index is 1.50.